The molecule has 0 saturated heterocycles. The molecule has 1 aliphatic heterocycles. The number of hydrogen-bond donors (Lipinski definition) is 1. The number of halogens is 5. The Morgan fingerprint density at radius 1 is 1.18 bits per heavy atom. The van der Waals surface area contributed by atoms with Crippen molar-refractivity contribution in [2.24, 2.45) is 5.92 Å². The molecule has 1 saturated carbocycles. The summed E-state index contributed by atoms with van der Waals surface area (Å²) in [6.45, 7) is 0.709. The average molecular weight is 478 g/mol. The van der Waals surface area contributed by atoms with E-state index in [1.807, 2.05) is 0 Å². The van der Waals surface area contributed by atoms with E-state index < -0.39 is 42.0 Å². The zero-order valence-corrected chi connectivity index (χ0v) is 18.6. The highest BCUT2D eigenvalue weighted by Gasteiger charge is 2.43. The number of alkyl halides is 3. The number of hydrogen-bond acceptors (Lipinski definition) is 3. The molecule has 34 heavy (non-hydrogen) atoms. The summed E-state index contributed by atoms with van der Waals surface area (Å²) in [6, 6.07) is 3.64. The second kappa shape index (κ2) is 8.83. The van der Waals surface area contributed by atoms with Crippen molar-refractivity contribution in [3.05, 3.63) is 65.2 Å². The molecule has 2 heterocycles. The van der Waals surface area contributed by atoms with Gasteiger partial charge in [-0.05, 0) is 62.1 Å². The van der Waals surface area contributed by atoms with E-state index in [9.17, 15) is 13.2 Å². The Hall–Kier alpha value is -2.68. The third-order valence-electron chi connectivity index (χ3n) is 6.92. The minimum Gasteiger partial charge on any atom is -0.493 e. The van der Waals surface area contributed by atoms with Gasteiger partial charge in [0.05, 0.1) is 30.9 Å². The van der Waals surface area contributed by atoms with Gasteiger partial charge in [0.15, 0.2) is 0 Å². The number of aromatic amines is 1. The molecule has 4 nitrogen and oxygen atoms in total. The van der Waals surface area contributed by atoms with E-state index in [0.717, 1.165) is 52.8 Å². The Labute approximate surface area is 194 Å². The van der Waals surface area contributed by atoms with Crippen molar-refractivity contribution in [2.45, 2.75) is 50.9 Å². The molecular formula is C25H25F5N3O. The molecule has 1 aromatic heterocycles. The van der Waals surface area contributed by atoms with Crippen molar-refractivity contribution >= 4 is 10.9 Å². The minimum atomic E-state index is -4.53. The molecule has 1 fully saturated rings. The Bertz CT molecular complexity index is 1160. The molecule has 3 aromatic rings. The summed E-state index contributed by atoms with van der Waals surface area (Å²) in [7, 11) is 0. The molecule has 3 atom stereocenters. The summed E-state index contributed by atoms with van der Waals surface area (Å²) in [4.78, 5) is 1.13. The summed E-state index contributed by atoms with van der Waals surface area (Å²) in [6.07, 6.45) is 2.39. The number of fused-ring (bicyclic) bond motifs is 3. The van der Waals surface area contributed by atoms with E-state index in [2.05, 4.69) is 16.6 Å². The van der Waals surface area contributed by atoms with Crippen LogP contribution in [0.15, 0.2) is 30.5 Å². The Morgan fingerprint density at radius 3 is 2.62 bits per heavy atom. The van der Waals surface area contributed by atoms with E-state index in [4.69, 9.17) is 4.74 Å². The van der Waals surface area contributed by atoms with E-state index in [1.165, 1.54) is 0 Å². The first-order valence-electron chi connectivity index (χ1n) is 11.4. The Morgan fingerprint density at radius 2 is 1.94 bits per heavy atom. The molecule has 2 aliphatic rings. The molecule has 5 rings (SSSR count). The summed E-state index contributed by atoms with van der Waals surface area (Å²) >= 11 is 0. The summed E-state index contributed by atoms with van der Waals surface area (Å²) in [5.41, 5.74) is 1.52. The lowest BCUT2D eigenvalue weighted by Crippen LogP contribution is -2.47. The SMILES string of the molecule is C[C@@H]1Cc2c(ccc3[nH]ncc23)[C@@H](c2c(F)cc(OCC3C[CH]CC3)cc2F)N1CC(F)(F)F. The van der Waals surface area contributed by atoms with Gasteiger partial charge in [-0.25, -0.2) is 8.78 Å². The molecule has 181 valence electrons. The van der Waals surface area contributed by atoms with Crippen LogP contribution in [0, 0.1) is 24.0 Å². The molecule has 0 bridgehead atoms. The van der Waals surface area contributed by atoms with Crippen molar-refractivity contribution in [3.8, 4) is 5.75 Å². The van der Waals surface area contributed by atoms with Gasteiger partial charge in [-0.1, -0.05) is 6.07 Å². The van der Waals surface area contributed by atoms with Gasteiger partial charge in [0.1, 0.15) is 17.4 Å². The first kappa shape index (κ1) is 23.1. The third kappa shape index (κ3) is 4.37. The highest BCUT2D eigenvalue weighted by atomic mass is 19.4. The van der Waals surface area contributed by atoms with Crippen LogP contribution in [0.4, 0.5) is 22.0 Å². The second-order valence-electron chi connectivity index (χ2n) is 9.29. The highest BCUT2D eigenvalue weighted by molar-refractivity contribution is 5.83. The topological polar surface area (TPSA) is 41.1 Å². The molecule has 1 radical (unpaired) electrons. The van der Waals surface area contributed by atoms with Crippen molar-refractivity contribution in [1.29, 1.82) is 0 Å². The van der Waals surface area contributed by atoms with Crippen molar-refractivity contribution in [2.75, 3.05) is 13.2 Å². The van der Waals surface area contributed by atoms with Crippen LogP contribution in [0.1, 0.15) is 48.9 Å². The first-order chi connectivity index (χ1) is 16.2. The van der Waals surface area contributed by atoms with Gasteiger partial charge in [-0.2, -0.15) is 18.3 Å². The summed E-state index contributed by atoms with van der Waals surface area (Å²) in [5.74, 6) is -1.49. The van der Waals surface area contributed by atoms with Crippen LogP contribution in [0.2, 0.25) is 0 Å². The van der Waals surface area contributed by atoms with Crippen LogP contribution >= 0.6 is 0 Å². The van der Waals surface area contributed by atoms with Crippen molar-refractivity contribution < 1.29 is 26.7 Å². The molecule has 1 unspecified atom stereocenters. The summed E-state index contributed by atoms with van der Waals surface area (Å²) in [5, 5.41) is 7.62. The van der Waals surface area contributed by atoms with Crippen molar-refractivity contribution in [3.63, 3.8) is 0 Å². The van der Waals surface area contributed by atoms with Gasteiger partial charge in [0.25, 0.3) is 0 Å². The van der Waals surface area contributed by atoms with E-state index in [1.54, 1.807) is 25.3 Å². The lowest BCUT2D eigenvalue weighted by Gasteiger charge is -2.42. The van der Waals surface area contributed by atoms with Crippen LogP contribution in [0.25, 0.3) is 10.9 Å². The highest BCUT2D eigenvalue weighted by Crippen LogP contribution is 2.44. The van der Waals surface area contributed by atoms with Gasteiger partial charge in [0.2, 0.25) is 0 Å². The Kier molecular flexibility index (Phi) is 6.00. The van der Waals surface area contributed by atoms with Crippen LogP contribution < -0.4 is 4.74 Å². The average Bonchev–Trinajstić information content (AvgIpc) is 3.44. The quantitative estimate of drug-likeness (QED) is 0.449. The van der Waals surface area contributed by atoms with E-state index >= 15 is 8.78 Å². The molecule has 0 amide bonds. The largest absolute Gasteiger partial charge is 0.493 e. The van der Waals surface area contributed by atoms with E-state index in [0.29, 0.717) is 24.5 Å². The molecule has 1 aliphatic carbocycles. The number of benzene rings is 2. The molecule has 1 N–H and O–H groups in total. The third-order valence-corrected chi connectivity index (χ3v) is 6.92. The lowest BCUT2D eigenvalue weighted by atomic mass is 9.83. The van der Waals surface area contributed by atoms with Crippen LogP contribution in [-0.4, -0.2) is 40.5 Å². The Balaban J connectivity index is 1.57. The lowest BCUT2D eigenvalue weighted by molar-refractivity contribution is -0.155. The smallest absolute Gasteiger partial charge is 0.401 e. The fraction of sp³-hybridized carbons (Fsp3) is 0.440. The van der Waals surface area contributed by atoms with Gasteiger partial charge in [0, 0.05) is 29.1 Å². The maximum absolute atomic E-state index is 15.4. The van der Waals surface area contributed by atoms with Crippen LogP contribution in [0.5, 0.6) is 5.75 Å². The number of aromatic nitrogens is 2. The monoisotopic (exact) mass is 478 g/mol. The minimum absolute atomic E-state index is 0.0439. The van der Waals surface area contributed by atoms with Gasteiger partial charge in [-0.3, -0.25) is 10.00 Å². The van der Waals surface area contributed by atoms with Crippen molar-refractivity contribution in [1.82, 2.24) is 15.1 Å². The molecule has 2 aromatic carbocycles. The maximum Gasteiger partial charge on any atom is 0.401 e. The fourth-order valence-electron chi connectivity index (χ4n) is 5.29. The van der Waals surface area contributed by atoms with Crippen LogP contribution in [-0.2, 0) is 6.42 Å². The maximum atomic E-state index is 15.4. The van der Waals surface area contributed by atoms with E-state index in [-0.39, 0.29) is 5.75 Å². The number of nitrogens with one attached hydrogen (secondary N) is 1. The predicted octanol–water partition coefficient (Wildman–Crippen LogP) is 6.12. The molecule has 0 spiro atoms. The molecule has 9 heteroatoms. The normalized spacial score (nSPS) is 21.8. The second-order valence-corrected chi connectivity index (χ2v) is 9.29. The van der Waals surface area contributed by atoms with Crippen LogP contribution in [0.3, 0.4) is 0 Å². The fourth-order valence-corrected chi connectivity index (χ4v) is 5.29. The number of rotatable bonds is 5. The first-order valence-corrected chi connectivity index (χ1v) is 11.4. The predicted molar refractivity (Wildman–Crippen MR) is 117 cm³/mol. The van der Waals surface area contributed by atoms with Gasteiger partial charge < -0.3 is 4.74 Å². The standard InChI is InChI=1S/C25H25F5N3O/c1-14-8-18-17(6-7-22-19(18)11-31-32-22)24(33(14)13-25(28,29)30)23-20(26)9-16(10-21(23)27)34-12-15-4-2-3-5-15/h2,6-7,9-11,14-15,24H,3-5,8,12-13H2,1H3,(H,31,32)/t14-,15?,24+/m1/s1. The zero-order valence-electron chi connectivity index (χ0n) is 18.6. The number of nitrogens with zero attached hydrogens (tertiary/aromatic N) is 2. The number of ether oxygens (including phenoxy) is 1. The number of H-pyrrole nitrogens is 1. The van der Waals surface area contributed by atoms with Gasteiger partial charge in [-0.15, -0.1) is 0 Å². The molecular weight excluding hydrogens is 453 g/mol. The zero-order chi connectivity index (χ0) is 24.0. The summed E-state index contributed by atoms with van der Waals surface area (Å²) < 4.78 is 77.1. The van der Waals surface area contributed by atoms with Gasteiger partial charge >= 0.3 is 6.18 Å².